The van der Waals surface area contributed by atoms with Crippen LogP contribution in [-0.4, -0.2) is 22.6 Å². The van der Waals surface area contributed by atoms with E-state index in [-0.39, 0.29) is 12.0 Å². The van der Waals surface area contributed by atoms with Crippen LogP contribution in [-0.2, 0) is 9.53 Å². The van der Waals surface area contributed by atoms with Gasteiger partial charge < -0.3 is 10.1 Å². The van der Waals surface area contributed by atoms with Crippen molar-refractivity contribution in [3.05, 3.63) is 36.5 Å². The van der Waals surface area contributed by atoms with E-state index in [0.717, 1.165) is 35.9 Å². The number of nitrogens with one attached hydrogen (secondary N) is 1. The molecule has 1 heterocycles. The molecule has 4 nitrogen and oxygen atoms in total. The molecule has 190 valence electrons. The topological polar surface area (TPSA) is 51.2 Å². The normalized spacial score (nSPS) is 12.6. The molecule has 0 spiro atoms. The lowest BCUT2D eigenvalue weighted by molar-refractivity contribution is -0.156. The SMILES string of the molecule is CCCCCCCCCCCCCCC[C@@H](Nc1cccc2cccnc12)C(=O)OC(C)(C)C. The molecule has 0 radical (unpaired) electrons. The molecule has 0 aliphatic carbocycles. The summed E-state index contributed by atoms with van der Waals surface area (Å²) in [6.45, 7) is 8.04. The molecule has 1 aromatic carbocycles. The highest BCUT2D eigenvalue weighted by molar-refractivity contribution is 5.92. The Morgan fingerprint density at radius 2 is 1.41 bits per heavy atom. The Kier molecular flexibility index (Phi) is 13.0. The highest BCUT2D eigenvalue weighted by Crippen LogP contribution is 2.24. The number of para-hydroxylation sites is 1. The van der Waals surface area contributed by atoms with Gasteiger partial charge >= 0.3 is 5.97 Å². The van der Waals surface area contributed by atoms with Crippen LogP contribution in [0.4, 0.5) is 5.69 Å². The number of benzene rings is 1. The predicted molar refractivity (Wildman–Crippen MR) is 145 cm³/mol. The van der Waals surface area contributed by atoms with E-state index in [1.54, 1.807) is 6.20 Å². The molecular weight excluding hydrogens is 420 g/mol. The third-order valence-electron chi connectivity index (χ3n) is 6.25. The fourth-order valence-corrected chi connectivity index (χ4v) is 4.40. The molecule has 1 N–H and O–H groups in total. The lowest BCUT2D eigenvalue weighted by atomic mass is 10.0. The van der Waals surface area contributed by atoms with Gasteiger partial charge in [-0.1, -0.05) is 109 Å². The molecule has 0 amide bonds. The summed E-state index contributed by atoms with van der Waals surface area (Å²) < 4.78 is 5.73. The molecule has 0 bridgehead atoms. The molecule has 2 rings (SSSR count). The number of pyridine rings is 1. The lowest BCUT2D eigenvalue weighted by Gasteiger charge is -2.25. The van der Waals surface area contributed by atoms with Gasteiger partial charge in [0.2, 0.25) is 0 Å². The number of hydrogen-bond acceptors (Lipinski definition) is 4. The molecule has 2 aromatic rings. The van der Waals surface area contributed by atoms with Crippen LogP contribution in [0.15, 0.2) is 36.5 Å². The minimum absolute atomic E-state index is 0.181. The molecule has 0 aliphatic heterocycles. The van der Waals surface area contributed by atoms with Gasteiger partial charge in [-0.3, -0.25) is 4.98 Å². The molecule has 34 heavy (non-hydrogen) atoms. The first-order valence-electron chi connectivity index (χ1n) is 13.7. The number of aromatic nitrogens is 1. The predicted octanol–water partition coefficient (Wildman–Crippen LogP) is 8.84. The smallest absolute Gasteiger partial charge is 0.329 e. The number of carbonyl (C=O) groups is 1. The van der Waals surface area contributed by atoms with Crippen molar-refractivity contribution in [2.75, 3.05) is 5.32 Å². The molecule has 0 saturated carbocycles. The van der Waals surface area contributed by atoms with E-state index >= 15 is 0 Å². The van der Waals surface area contributed by atoms with Crippen LogP contribution in [0.3, 0.4) is 0 Å². The minimum Gasteiger partial charge on any atom is -0.458 e. The summed E-state index contributed by atoms with van der Waals surface area (Å²) >= 11 is 0. The molecule has 0 unspecified atom stereocenters. The van der Waals surface area contributed by atoms with Gasteiger partial charge in [0.05, 0.1) is 11.2 Å². The van der Waals surface area contributed by atoms with Crippen molar-refractivity contribution in [3.8, 4) is 0 Å². The van der Waals surface area contributed by atoms with E-state index in [1.165, 1.54) is 70.6 Å². The standard InChI is InChI=1S/C30H48N2O2/c1-5-6-7-8-9-10-11-12-13-14-15-16-17-22-27(29(33)34-30(2,3)4)32-26-23-18-20-25-21-19-24-31-28(25)26/h18-21,23-24,27,32H,5-17,22H2,1-4H3/t27-/m1/s1. The Balaban J connectivity index is 1.74. The molecular formula is C30H48N2O2. The zero-order chi connectivity index (χ0) is 24.7. The van der Waals surface area contributed by atoms with Crippen LogP contribution in [0, 0.1) is 0 Å². The van der Waals surface area contributed by atoms with Crippen molar-refractivity contribution in [2.45, 2.75) is 129 Å². The van der Waals surface area contributed by atoms with Crippen molar-refractivity contribution in [1.29, 1.82) is 0 Å². The fraction of sp³-hybridized carbons (Fsp3) is 0.667. The Bertz CT molecular complexity index is 823. The summed E-state index contributed by atoms with van der Waals surface area (Å²) in [5, 5.41) is 4.52. The third-order valence-corrected chi connectivity index (χ3v) is 6.25. The van der Waals surface area contributed by atoms with E-state index in [4.69, 9.17) is 4.74 Å². The molecule has 0 aliphatic rings. The van der Waals surface area contributed by atoms with E-state index in [0.29, 0.717) is 0 Å². The van der Waals surface area contributed by atoms with E-state index in [2.05, 4.69) is 17.2 Å². The average Bonchev–Trinajstić information content (AvgIpc) is 2.80. The van der Waals surface area contributed by atoms with Crippen molar-refractivity contribution in [2.24, 2.45) is 0 Å². The Morgan fingerprint density at radius 1 is 0.853 bits per heavy atom. The summed E-state index contributed by atoms with van der Waals surface area (Å²) in [5.74, 6) is -0.181. The molecule has 1 atom stereocenters. The highest BCUT2D eigenvalue weighted by Gasteiger charge is 2.25. The zero-order valence-corrected chi connectivity index (χ0v) is 22.2. The van der Waals surface area contributed by atoms with Gasteiger partial charge in [0.15, 0.2) is 0 Å². The number of unbranched alkanes of at least 4 members (excludes halogenated alkanes) is 12. The van der Waals surface area contributed by atoms with Crippen LogP contribution < -0.4 is 5.32 Å². The van der Waals surface area contributed by atoms with Crippen LogP contribution in [0.5, 0.6) is 0 Å². The summed E-state index contributed by atoms with van der Waals surface area (Å²) in [4.78, 5) is 17.5. The third kappa shape index (κ3) is 11.4. The maximum atomic E-state index is 12.9. The van der Waals surface area contributed by atoms with Gasteiger partial charge in [-0.25, -0.2) is 4.79 Å². The van der Waals surface area contributed by atoms with Gasteiger partial charge in [0.1, 0.15) is 11.6 Å². The van der Waals surface area contributed by atoms with Crippen molar-refractivity contribution in [3.63, 3.8) is 0 Å². The summed E-state index contributed by atoms with van der Waals surface area (Å²) in [7, 11) is 0. The van der Waals surface area contributed by atoms with Crippen LogP contribution in [0.25, 0.3) is 10.9 Å². The maximum absolute atomic E-state index is 12.9. The second kappa shape index (κ2) is 15.7. The highest BCUT2D eigenvalue weighted by atomic mass is 16.6. The van der Waals surface area contributed by atoms with E-state index < -0.39 is 5.60 Å². The second-order valence-corrected chi connectivity index (χ2v) is 10.6. The van der Waals surface area contributed by atoms with Gasteiger partial charge in [-0.05, 0) is 39.3 Å². The van der Waals surface area contributed by atoms with Crippen LogP contribution >= 0.6 is 0 Å². The Labute approximate surface area is 208 Å². The minimum atomic E-state index is -0.496. The average molecular weight is 469 g/mol. The fourth-order valence-electron chi connectivity index (χ4n) is 4.40. The summed E-state index contributed by atoms with van der Waals surface area (Å²) in [5.41, 5.74) is 1.29. The number of ether oxygens (including phenoxy) is 1. The first kappa shape index (κ1) is 28.1. The van der Waals surface area contributed by atoms with Gasteiger partial charge in [0.25, 0.3) is 0 Å². The lowest BCUT2D eigenvalue weighted by Crippen LogP contribution is -2.36. The number of rotatable bonds is 17. The first-order valence-corrected chi connectivity index (χ1v) is 13.7. The first-order chi connectivity index (χ1) is 16.4. The Hall–Kier alpha value is -2.10. The molecule has 0 saturated heterocycles. The summed E-state index contributed by atoms with van der Waals surface area (Å²) in [6.07, 6.45) is 19.7. The second-order valence-electron chi connectivity index (χ2n) is 10.6. The molecule has 1 aromatic heterocycles. The van der Waals surface area contributed by atoms with Crippen LogP contribution in [0.2, 0.25) is 0 Å². The monoisotopic (exact) mass is 468 g/mol. The van der Waals surface area contributed by atoms with E-state index in [1.807, 2.05) is 51.1 Å². The van der Waals surface area contributed by atoms with Crippen LogP contribution in [0.1, 0.15) is 118 Å². The number of carbonyl (C=O) groups excluding carboxylic acids is 1. The number of anilines is 1. The van der Waals surface area contributed by atoms with E-state index in [9.17, 15) is 4.79 Å². The number of esters is 1. The van der Waals surface area contributed by atoms with Crippen molar-refractivity contribution in [1.82, 2.24) is 4.98 Å². The molecule has 0 fully saturated rings. The largest absolute Gasteiger partial charge is 0.458 e. The number of nitrogens with zero attached hydrogens (tertiary/aromatic N) is 1. The van der Waals surface area contributed by atoms with Gasteiger partial charge in [-0.15, -0.1) is 0 Å². The Morgan fingerprint density at radius 3 is 2.00 bits per heavy atom. The number of hydrogen-bond donors (Lipinski definition) is 1. The van der Waals surface area contributed by atoms with Crippen molar-refractivity contribution >= 4 is 22.6 Å². The zero-order valence-electron chi connectivity index (χ0n) is 22.2. The quantitative estimate of drug-likeness (QED) is 0.186. The summed E-state index contributed by atoms with van der Waals surface area (Å²) in [6, 6.07) is 9.66. The number of fused-ring (bicyclic) bond motifs is 1. The maximum Gasteiger partial charge on any atom is 0.329 e. The van der Waals surface area contributed by atoms with Gasteiger partial charge in [0, 0.05) is 11.6 Å². The van der Waals surface area contributed by atoms with Crippen molar-refractivity contribution < 1.29 is 9.53 Å². The molecule has 4 heteroatoms. The van der Waals surface area contributed by atoms with Gasteiger partial charge in [-0.2, -0.15) is 0 Å².